The Bertz CT molecular complexity index is 536. The Labute approximate surface area is 113 Å². The van der Waals surface area contributed by atoms with Crippen LogP contribution in [0, 0.1) is 6.92 Å². The minimum atomic E-state index is -3.56. The van der Waals surface area contributed by atoms with Gasteiger partial charge in [0.05, 0.1) is 18.0 Å². The standard InChI is InChI=1S/C11H20N4O3S/c1-8-11(10(7-12)14-13-8)19(16,17)15(5-6-18-2)9-3-4-9/h9H,3-7,12H2,1-2H3,(H,13,14). The zero-order chi connectivity index (χ0) is 14.0. The molecule has 0 amide bonds. The fourth-order valence-corrected chi connectivity index (χ4v) is 4.12. The molecule has 1 fully saturated rings. The fraction of sp³-hybridized carbons (Fsp3) is 0.727. The van der Waals surface area contributed by atoms with Crippen LogP contribution in [-0.4, -0.2) is 49.2 Å². The van der Waals surface area contributed by atoms with Crippen molar-refractivity contribution in [2.75, 3.05) is 20.3 Å². The molecule has 8 heteroatoms. The molecular weight excluding hydrogens is 268 g/mol. The highest BCUT2D eigenvalue weighted by atomic mass is 32.2. The van der Waals surface area contributed by atoms with E-state index in [1.165, 1.54) is 4.31 Å². The van der Waals surface area contributed by atoms with Crippen molar-refractivity contribution in [3.63, 3.8) is 0 Å². The third-order valence-electron chi connectivity index (χ3n) is 3.19. The lowest BCUT2D eigenvalue weighted by Crippen LogP contribution is -2.36. The van der Waals surface area contributed by atoms with Gasteiger partial charge in [0.1, 0.15) is 4.90 Å². The number of ether oxygens (including phenoxy) is 1. The van der Waals surface area contributed by atoms with E-state index in [0.717, 1.165) is 12.8 Å². The van der Waals surface area contributed by atoms with Gasteiger partial charge in [-0.2, -0.15) is 9.40 Å². The molecule has 0 bridgehead atoms. The molecule has 0 unspecified atom stereocenters. The molecule has 19 heavy (non-hydrogen) atoms. The summed E-state index contributed by atoms with van der Waals surface area (Å²) in [4.78, 5) is 0.220. The molecule has 1 aromatic rings. The lowest BCUT2D eigenvalue weighted by atomic mass is 10.4. The number of methoxy groups -OCH3 is 1. The predicted octanol–water partition coefficient (Wildman–Crippen LogP) is -0.0237. The zero-order valence-electron chi connectivity index (χ0n) is 11.2. The number of aromatic amines is 1. The van der Waals surface area contributed by atoms with Crippen LogP contribution in [0.1, 0.15) is 24.2 Å². The van der Waals surface area contributed by atoms with E-state index < -0.39 is 10.0 Å². The van der Waals surface area contributed by atoms with Crippen LogP contribution < -0.4 is 5.73 Å². The minimum Gasteiger partial charge on any atom is -0.383 e. The molecule has 1 heterocycles. The summed E-state index contributed by atoms with van der Waals surface area (Å²) in [6.07, 6.45) is 1.80. The molecule has 2 rings (SSSR count). The van der Waals surface area contributed by atoms with Crippen molar-refractivity contribution in [2.45, 2.75) is 37.2 Å². The van der Waals surface area contributed by atoms with Crippen molar-refractivity contribution in [3.05, 3.63) is 11.4 Å². The molecule has 0 radical (unpaired) electrons. The molecule has 7 nitrogen and oxygen atoms in total. The second kappa shape index (κ2) is 5.58. The highest BCUT2D eigenvalue weighted by molar-refractivity contribution is 7.89. The molecule has 0 aromatic carbocycles. The van der Waals surface area contributed by atoms with Crippen molar-refractivity contribution in [1.29, 1.82) is 0 Å². The molecule has 1 aromatic heterocycles. The Morgan fingerprint density at radius 3 is 2.74 bits per heavy atom. The fourth-order valence-electron chi connectivity index (χ4n) is 2.11. The molecule has 1 aliphatic rings. The average Bonchev–Trinajstić information content (AvgIpc) is 3.11. The summed E-state index contributed by atoms with van der Waals surface area (Å²) >= 11 is 0. The predicted molar refractivity (Wildman–Crippen MR) is 70.0 cm³/mol. The van der Waals surface area contributed by atoms with E-state index in [-0.39, 0.29) is 17.5 Å². The molecule has 3 N–H and O–H groups in total. The number of hydrogen-bond donors (Lipinski definition) is 2. The molecule has 0 aliphatic heterocycles. The van der Waals surface area contributed by atoms with Gasteiger partial charge in [-0.3, -0.25) is 5.10 Å². The summed E-state index contributed by atoms with van der Waals surface area (Å²) in [5.41, 5.74) is 6.48. The quantitative estimate of drug-likeness (QED) is 0.734. The van der Waals surface area contributed by atoms with Crippen LogP contribution in [0.3, 0.4) is 0 Å². The van der Waals surface area contributed by atoms with Crippen molar-refractivity contribution in [2.24, 2.45) is 5.73 Å². The maximum atomic E-state index is 12.7. The Hall–Kier alpha value is -0.960. The number of nitrogens with one attached hydrogen (secondary N) is 1. The number of rotatable bonds is 7. The van der Waals surface area contributed by atoms with E-state index in [4.69, 9.17) is 10.5 Å². The Morgan fingerprint density at radius 1 is 1.53 bits per heavy atom. The van der Waals surface area contributed by atoms with Crippen LogP contribution in [0.15, 0.2) is 4.90 Å². The number of nitrogens with two attached hydrogens (primary N) is 1. The Morgan fingerprint density at radius 2 is 2.21 bits per heavy atom. The summed E-state index contributed by atoms with van der Waals surface area (Å²) < 4.78 is 32.0. The maximum Gasteiger partial charge on any atom is 0.247 e. The number of sulfonamides is 1. The van der Waals surface area contributed by atoms with Crippen LogP contribution in [0.25, 0.3) is 0 Å². The normalized spacial score (nSPS) is 16.2. The van der Waals surface area contributed by atoms with E-state index in [1.807, 2.05) is 0 Å². The van der Waals surface area contributed by atoms with Gasteiger partial charge in [-0.25, -0.2) is 8.42 Å². The molecule has 0 atom stereocenters. The van der Waals surface area contributed by atoms with Gasteiger partial charge in [0.15, 0.2) is 0 Å². The first kappa shape index (κ1) is 14.4. The van der Waals surface area contributed by atoms with E-state index in [2.05, 4.69) is 10.2 Å². The van der Waals surface area contributed by atoms with Crippen LogP contribution in [-0.2, 0) is 21.3 Å². The van der Waals surface area contributed by atoms with Gasteiger partial charge in [-0.1, -0.05) is 0 Å². The summed E-state index contributed by atoms with van der Waals surface area (Å²) in [6, 6.07) is 0.0834. The zero-order valence-corrected chi connectivity index (χ0v) is 12.0. The maximum absolute atomic E-state index is 12.7. The molecule has 108 valence electrons. The van der Waals surface area contributed by atoms with Gasteiger partial charge >= 0.3 is 0 Å². The first-order valence-electron chi connectivity index (χ1n) is 6.27. The second-order valence-corrected chi connectivity index (χ2v) is 6.50. The summed E-state index contributed by atoms with van der Waals surface area (Å²) in [5, 5.41) is 6.65. The highest BCUT2D eigenvalue weighted by Gasteiger charge is 2.40. The van der Waals surface area contributed by atoms with Gasteiger partial charge in [-0.15, -0.1) is 0 Å². The third-order valence-corrected chi connectivity index (χ3v) is 5.35. The van der Waals surface area contributed by atoms with E-state index in [1.54, 1.807) is 14.0 Å². The second-order valence-electron chi connectivity index (χ2n) is 4.67. The van der Waals surface area contributed by atoms with Crippen molar-refractivity contribution in [1.82, 2.24) is 14.5 Å². The van der Waals surface area contributed by atoms with E-state index in [9.17, 15) is 8.42 Å². The molecule has 0 saturated heterocycles. The first-order chi connectivity index (χ1) is 9.02. The summed E-state index contributed by atoms with van der Waals surface area (Å²) in [5.74, 6) is 0. The monoisotopic (exact) mass is 288 g/mol. The lowest BCUT2D eigenvalue weighted by Gasteiger charge is -2.21. The van der Waals surface area contributed by atoms with E-state index in [0.29, 0.717) is 24.5 Å². The van der Waals surface area contributed by atoms with Crippen molar-refractivity contribution in [3.8, 4) is 0 Å². The molecule has 0 spiro atoms. The smallest absolute Gasteiger partial charge is 0.247 e. The number of aromatic nitrogens is 2. The van der Waals surface area contributed by atoms with Crippen LogP contribution in [0.4, 0.5) is 0 Å². The molecular formula is C11H20N4O3S. The topological polar surface area (TPSA) is 101 Å². The number of aryl methyl sites for hydroxylation is 1. The van der Waals surface area contributed by atoms with Gasteiger partial charge in [0.2, 0.25) is 10.0 Å². The minimum absolute atomic E-state index is 0.0834. The first-order valence-corrected chi connectivity index (χ1v) is 7.71. The Balaban J connectivity index is 2.35. The van der Waals surface area contributed by atoms with Gasteiger partial charge in [0, 0.05) is 26.2 Å². The van der Waals surface area contributed by atoms with Crippen LogP contribution in [0.5, 0.6) is 0 Å². The largest absolute Gasteiger partial charge is 0.383 e. The lowest BCUT2D eigenvalue weighted by molar-refractivity contribution is 0.177. The SMILES string of the molecule is COCCN(C1CC1)S(=O)(=O)c1c(CN)n[nH]c1C. The highest BCUT2D eigenvalue weighted by Crippen LogP contribution is 2.33. The van der Waals surface area contributed by atoms with Crippen molar-refractivity contribution < 1.29 is 13.2 Å². The molecule has 1 aliphatic carbocycles. The molecule has 1 saturated carbocycles. The van der Waals surface area contributed by atoms with Crippen molar-refractivity contribution >= 4 is 10.0 Å². The van der Waals surface area contributed by atoms with Gasteiger partial charge in [0.25, 0.3) is 0 Å². The Kier molecular flexibility index (Phi) is 4.24. The average molecular weight is 288 g/mol. The summed E-state index contributed by atoms with van der Waals surface area (Å²) in [6.45, 7) is 2.53. The summed E-state index contributed by atoms with van der Waals surface area (Å²) in [7, 11) is -2.00. The van der Waals surface area contributed by atoms with E-state index >= 15 is 0 Å². The van der Waals surface area contributed by atoms with Gasteiger partial charge in [-0.05, 0) is 19.8 Å². The number of nitrogens with zero attached hydrogens (tertiary/aromatic N) is 2. The number of H-pyrrole nitrogens is 1. The van der Waals surface area contributed by atoms with Crippen LogP contribution in [0.2, 0.25) is 0 Å². The van der Waals surface area contributed by atoms with Crippen LogP contribution >= 0.6 is 0 Å². The number of hydrogen-bond acceptors (Lipinski definition) is 5. The third kappa shape index (κ3) is 2.81. The van der Waals surface area contributed by atoms with Gasteiger partial charge < -0.3 is 10.5 Å².